The van der Waals surface area contributed by atoms with E-state index < -0.39 is 0 Å². The molecule has 2 aromatic rings. The summed E-state index contributed by atoms with van der Waals surface area (Å²) in [5.74, 6) is 2.17. The van der Waals surface area contributed by atoms with Gasteiger partial charge in [-0.25, -0.2) is 0 Å². The summed E-state index contributed by atoms with van der Waals surface area (Å²) < 4.78 is 11.8. The van der Waals surface area contributed by atoms with Crippen LogP contribution in [0.2, 0.25) is 0 Å². The Bertz CT molecular complexity index is 880. The van der Waals surface area contributed by atoms with Gasteiger partial charge in [-0.2, -0.15) is 0 Å². The highest BCUT2D eigenvalue weighted by atomic mass is 16.5. The van der Waals surface area contributed by atoms with Crippen molar-refractivity contribution in [2.24, 2.45) is 4.99 Å². The van der Waals surface area contributed by atoms with Gasteiger partial charge in [0.25, 0.3) is 0 Å². The Balaban J connectivity index is 1.46. The summed E-state index contributed by atoms with van der Waals surface area (Å²) in [6.07, 6.45) is 5.20. The highest BCUT2D eigenvalue weighted by Crippen LogP contribution is 2.34. The summed E-state index contributed by atoms with van der Waals surface area (Å²) in [7, 11) is 3.38. The lowest BCUT2D eigenvalue weighted by molar-refractivity contribution is -0.121. The van der Waals surface area contributed by atoms with Crippen LogP contribution in [-0.4, -0.2) is 38.7 Å². The van der Waals surface area contributed by atoms with Crippen LogP contribution in [0.4, 0.5) is 0 Å². The highest BCUT2D eigenvalue weighted by Gasteiger charge is 2.20. The van der Waals surface area contributed by atoms with E-state index in [4.69, 9.17) is 9.47 Å². The number of guanidine groups is 1. The van der Waals surface area contributed by atoms with Gasteiger partial charge in [0, 0.05) is 38.7 Å². The van der Waals surface area contributed by atoms with Crippen LogP contribution in [0.1, 0.15) is 43.2 Å². The first kappa shape index (κ1) is 23.4. The Morgan fingerprint density at radius 3 is 2.50 bits per heavy atom. The molecule has 172 valence electrons. The van der Waals surface area contributed by atoms with Crippen LogP contribution in [0.3, 0.4) is 0 Å². The van der Waals surface area contributed by atoms with E-state index in [1.54, 1.807) is 14.2 Å². The third-order valence-electron chi connectivity index (χ3n) is 5.51. The number of benzene rings is 2. The number of hydrogen-bond acceptors (Lipinski definition) is 4. The molecule has 0 radical (unpaired) electrons. The molecular weight excluding hydrogens is 404 g/mol. The number of ether oxygens (including phenoxy) is 2. The molecule has 3 N–H and O–H groups in total. The average Bonchev–Trinajstić information content (AvgIpc) is 3.34. The molecular formula is C25H34N4O3. The van der Waals surface area contributed by atoms with Crippen molar-refractivity contribution in [1.82, 2.24) is 16.0 Å². The molecule has 1 amide bonds. The van der Waals surface area contributed by atoms with Gasteiger partial charge >= 0.3 is 0 Å². The second-order valence-corrected chi connectivity index (χ2v) is 7.84. The molecule has 0 atom stereocenters. The lowest BCUT2D eigenvalue weighted by atomic mass is 10.1. The first-order chi connectivity index (χ1) is 15.7. The maximum Gasteiger partial charge on any atom is 0.222 e. The second-order valence-electron chi connectivity index (χ2n) is 7.84. The fourth-order valence-electron chi connectivity index (χ4n) is 3.75. The molecule has 0 saturated heterocycles. The van der Waals surface area contributed by atoms with E-state index in [1.165, 1.54) is 12.8 Å². The first-order valence-electron chi connectivity index (χ1n) is 11.3. The molecule has 1 aliphatic carbocycles. The predicted molar refractivity (Wildman–Crippen MR) is 127 cm³/mol. The van der Waals surface area contributed by atoms with Gasteiger partial charge in [-0.3, -0.25) is 9.79 Å². The average molecular weight is 439 g/mol. The number of aliphatic imine (C=N–C) groups is 1. The van der Waals surface area contributed by atoms with Crippen LogP contribution in [0.25, 0.3) is 0 Å². The molecule has 0 aromatic heterocycles. The lowest BCUT2D eigenvalue weighted by Gasteiger charge is -2.20. The molecule has 2 aromatic carbocycles. The first-order valence-corrected chi connectivity index (χ1v) is 11.3. The number of rotatable bonds is 10. The van der Waals surface area contributed by atoms with Crippen molar-refractivity contribution in [3.05, 3.63) is 59.7 Å². The van der Waals surface area contributed by atoms with Crippen LogP contribution in [0.5, 0.6) is 11.5 Å². The predicted octanol–water partition coefficient (Wildman–Crippen LogP) is 3.39. The Morgan fingerprint density at radius 1 is 1.00 bits per heavy atom. The molecule has 7 nitrogen and oxygen atoms in total. The smallest absolute Gasteiger partial charge is 0.222 e. The quantitative estimate of drug-likeness (QED) is 0.391. The maximum absolute atomic E-state index is 12.1. The molecule has 3 rings (SSSR count). The third kappa shape index (κ3) is 7.18. The fraction of sp³-hybridized carbons (Fsp3) is 0.440. The highest BCUT2D eigenvalue weighted by molar-refractivity contribution is 5.81. The summed E-state index contributed by atoms with van der Waals surface area (Å²) in [6.45, 7) is 1.56. The number of methoxy groups -OCH3 is 1. The number of carbonyl (C=O) groups is 1. The van der Waals surface area contributed by atoms with Crippen molar-refractivity contribution in [1.29, 1.82) is 0 Å². The summed E-state index contributed by atoms with van der Waals surface area (Å²) >= 11 is 0. The van der Waals surface area contributed by atoms with E-state index in [0.29, 0.717) is 32.0 Å². The second kappa shape index (κ2) is 12.6. The number of nitrogens with one attached hydrogen (secondary N) is 3. The Labute approximate surface area is 190 Å². The molecule has 0 spiro atoms. The zero-order chi connectivity index (χ0) is 22.6. The largest absolute Gasteiger partial charge is 0.493 e. The number of hydrogen-bond donors (Lipinski definition) is 3. The third-order valence-corrected chi connectivity index (χ3v) is 5.51. The van der Waals surface area contributed by atoms with Crippen LogP contribution in [0.15, 0.2) is 53.5 Å². The number of carbonyl (C=O) groups excluding carboxylic acids is 1. The van der Waals surface area contributed by atoms with Crippen molar-refractivity contribution in [2.75, 3.05) is 20.7 Å². The minimum atomic E-state index is -0.00292. The van der Waals surface area contributed by atoms with Crippen LogP contribution in [0, 0.1) is 0 Å². The SMILES string of the molecule is CN=C(NCCC(=O)NCc1ccccc1)NCc1cccc(OC)c1OC1CCCC1. The molecule has 0 unspecified atom stereocenters. The Morgan fingerprint density at radius 2 is 1.78 bits per heavy atom. The molecule has 7 heteroatoms. The monoisotopic (exact) mass is 438 g/mol. The topological polar surface area (TPSA) is 84.0 Å². The lowest BCUT2D eigenvalue weighted by Crippen LogP contribution is -2.39. The van der Waals surface area contributed by atoms with Crippen molar-refractivity contribution < 1.29 is 14.3 Å². The van der Waals surface area contributed by atoms with Gasteiger partial charge in [0.15, 0.2) is 17.5 Å². The van der Waals surface area contributed by atoms with Gasteiger partial charge < -0.3 is 25.4 Å². The van der Waals surface area contributed by atoms with Gasteiger partial charge in [0.1, 0.15) is 0 Å². The van der Waals surface area contributed by atoms with Crippen molar-refractivity contribution in [2.45, 2.75) is 51.3 Å². The van der Waals surface area contributed by atoms with Crippen LogP contribution >= 0.6 is 0 Å². The van der Waals surface area contributed by atoms with Crippen LogP contribution < -0.4 is 25.4 Å². The molecule has 32 heavy (non-hydrogen) atoms. The molecule has 0 aliphatic heterocycles. The van der Waals surface area contributed by atoms with Gasteiger partial charge in [-0.1, -0.05) is 42.5 Å². The van der Waals surface area contributed by atoms with E-state index in [2.05, 4.69) is 20.9 Å². The zero-order valence-corrected chi connectivity index (χ0v) is 19.0. The van der Waals surface area contributed by atoms with E-state index in [0.717, 1.165) is 35.5 Å². The summed E-state index contributed by atoms with van der Waals surface area (Å²) in [4.78, 5) is 16.4. The normalized spacial score (nSPS) is 14.1. The minimum absolute atomic E-state index is 0.00292. The summed E-state index contributed by atoms with van der Waals surface area (Å²) in [5, 5.41) is 9.43. The number of nitrogens with zero attached hydrogens (tertiary/aromatic N) is 1. The molecule has 0 heterocycles. The van der Waals surface area contributed by atoms with Crippen molar-refractivity contribution in [3.63, 3.8) is 0 Å². The molecule has 0 bridgehead atoms. The van der Waals surface area contributed by atoms with Gasteiger partial charge in [0.2, 0.25) is 5.91 Å². The van der Waals surface area contributed by atoms with Gasteiger partial charge in [0.05, 0.1) is 13.2 Å². The number of amides is 1. The standard InChI is InChI=1S/C25H34N4O3/c1-26-25(27-16-15-23(30)28-17-19-9-4-3-5-10-19)29-18-20-11-8-14-22(31-2)24(20)32-21-12-6-7-13-21/h3-5,8-11,14,21H,6-7,12-13,15-18H2,1-2H3,(H,28,30)(H2,26,27,29). The van der Waals surface area contributed by atoms with Crippen LogP contribution in [-0.2, 0) is 17.9 Å². The Hall–Kier alpha value is -3.22. The van der Waals surface area contributed by atoms with Crippen molar-refractivity contribution >= 4 is 11.9 Å². The van der Waals surface area contributed by atoms with E-state index in [9.17, 15) is 4.79 Å². The van der Waals surface area contributed by atoms with Crippen molar-refractivity contribution in [3.8, 4) is 11.5 Å². The van der Waals surface area contributed by atoms with Gasteiger partial charge in [-0.05, 0) is 37.3 Å². The number of para-hydroxylation sites is 1. The minimum Gasteiger partial charge on any atom is -0.493 e. The fourth-order valence-corrected chi connectivity index (χ4v) is 3.75. The van der Waals surface area contributed by atoms with E-state index >= 15 is 0 Å². The molecule has 1 aliphatic rings. The Kier molecular flexibility index (Phi) is 9.22. The zero-order valence-electron chi connectivity index (χ0n) is 19.0. The molecule has 1 fully saturated rings. The summed E-state index contributed by atoms with van der Waals surface area (Å²) in [5.41, 5.74) is 2.10. The van der Waals surface area contributed by atoms with Gasteiger partial charge in [-0.15, -0.1) is 0 Å². The van der Waals surface area contributed by atoms with E-state index in [1.807, 2.05) is 48.5 Å². The maximum atomic E-state index is 12.1. The molecule has 1 saturated carbocycles. The summed E-state index contributed by atoms with van der Waals surface area (Å²) in [6, 6.07) is 15.8. The van der Waals surface area contributed by atoms with E-state index in [-0.39, 0.29) is 12.0 Å².